The summed E-state index contributed by atoms with van der Waals surface area (Å²) < 4.78 is 15.5. The predicted octanol–water partition coefficient (Wildman–Crippen LogP) is 2.13. The van der Waals surface area contributed by atoms with E-state index in [-0.39, 0.29) is 5.82 Å². The number of halogens is 1. The van der Waals surface area contributed by atoms with Crippen LogP contribution in [0.5, 0.6) is 0 Å². The van der Waals surface area contributed by atoms with Crippen LogP contribution in [0.4, 0.5) is 10.1 Å². The van der Waals surface area contributed by atoms with Crippen LogP contribution in [0, 0.1) is 19.7 Å². The predicted molar refractivity (Wildman–Crippen MR) is 54.2 cm³/mol. The molecule has 0 fully saturated rings. The Morgan fingerprint density at radius 1 is 1.36 bits per heavy atom. The number of aromatic nitrogens is 2. The Hall–Kier alpha value is -1.58. The molecule has 2 heterocycles. The number of rotatable bonds is 1. The molecule has 0 amide bonds. The van der Waals surface area contributed by atoms with Crippen LogP contribution in [-0.2, 0) is 0 Å². The van der Waals surface area contributed by atoms with E-state index in [2.05, 4.69) is 10.3 Å². The van der Waals surface area contributed by atoms with E-state index in [1.165, 1.54) is 0 Å². The average molecular weight is 193 g/mol. The lowest BCUT2D eigenvalue weighted by Gasteiger charge is -2.00. The molecule has 0 radical (unpaired) electrons. The van der Waals surface area contributed by atoms with E-state index < -0.39 is 0 Å². The summed E-state index contributed by atoms with van der Waals surface area (Å²) in [6.45, 7) is 3.70. The SMILES string of the molecule is CNc1cn2cc(C)nc(C)c2c1F. The molecule has 2 aromatic rings. The van der Waals surface area contributed by atoms with Crippen molar-refractivity contribution in [3.8, 4) is 0 Å². The zero-order chi connectivity index (χ0) is 10.3. The van der Waals surface area contributed by atoms with Crippen molar-refractivity contribution < 1.29 is 4.39 Å². The molecule has 3 nitrogen and oxygen atoms in total. The average Bonchev–Trinajstić information content (AvgIpc) is 2.42. The minimum atomic E-state index is -0.238. The van der Waals surface area contributed by atoms with Gasteiger partial charge in [0, 0.05) is 19.4 Å². The maximum absolute atomic E-state index is 13.7. The van der Waals surface area contributed by atoms with Crippen LogP contribution in [0.1, 0.15) is 11.4 Å². The fraction of sp³-hybridized carbons (Fsp3) is 0.300. The lowest BCUT2D eigenvalue weighted by Crippen LogP contribution is -1.94. The Balaban J connectivity index is 2.85. The highest BCUT2D eigenvalue weighted by Crippen LogP contribution is 2.23. The van der Waals surface area contributed by atoms with Crippen LogP contribution in [0.15, 0.2) is 12.4 Å². The second kappa shape index (κ2) is 2.97. The number of aryl methyl sites for hydroxylation is 2. The first-order valence-corrected chi connectivity index (χ1v) is 4.45. The van der Waals surface area contributed by atoms with Crippen LogP contribution in [0.3, 0.4) is 0 Å². The number of nitrogens with one attached hydrogen (secondary N) is 1. The maximum Gasteiger partial charge on any atom is 0.173 e. The number of hydrogen-bond acceptors (Lipinski definition) is 2. The van der Waals surface area contributed by atoms with Crippen LogP contribution >= 0.6 is 0 Å². The van der Waals surface area contributed by atoms with Crippen molar-refractivity contribution in [3.05, 3.63) is 29.6 Å². The quantitative estimate of drug-likeness (QED) is 0.751. The summed E-state index contributed by atoms with van der Waals surface area (Å²) in [4.78, 5) is 4.22. The van der Waals surface area contributed by atoms with E-state index in [0.717, 1.165) is 5.69 Å². The largest absolute Gasteiger partial charge is 0.384 e. The lowest BCUT2D eigenvalue weighted by molar-refractivity contribution is 0.642. The van der Waals surface area contributed by atoms with Gasteiger partial charge in [0.2, 0.25) is 0 Å². The number of fused-ring (bicyclic) bond motifs is 1. The van der Waals surface area contributed by atoms with Crippen LogP contribution in [0.25, 0.3) is 5.52 Å². The molecule has 14 heavy (non-hydrogen) atoms. The monoisotopic (exact) mass is 193 g/mol. The normalized spacial score (nSPS) is 10.9. The van der Waals surface area contributed by atoms with Crippen LogP contribution in [0.2, 0.25) is 0 Å². The van der Waals surface area contributed by atoms with E-state index in [1.807, 2.05) is 20.0 Å². The van der Waals surface area contributed by atoms with Gasteiger partial charge in [-0.1, -0.05) is 0 Å². The van der Waals surface area contributed by atoms with Crippen molar-refractivity contribution >= 4 is 11.2 Å². The summed E-state index contributed by atoms with van der Waals surface area (Å²) in [5, 5.41) is 2.81. The first kappa shape index (κ1) is 8.99. The topological polar surface area (TPSA) is 29.3 Å². The van der Waals surface area contributed by atoms with Gasteiger partial charge in [-0.05, 0) is 13.8 Å². The van der Waals surface area contributed by atoms with Crippen molar-refractivity contribution in [1.29, 1.82) is 0 Å². The van der Waals surface area contributed by atoms with E-state index in [0.29, 0.717) is 16.9 Å². The summed E-state index contributed by atoms with van der Waals surface area (Å²) >= 11 is 0. The molecule has 0 saturated carbocycles. The van der Waals surface area contributed by atoms with E-state index in [4.69, 9.17) is 0 Å². The molecule has 4 heteroatoms. The Kier molecular flexibility index (Phi) is 1.91. The van der Waals surface area contributed by atoms with Gasteiger partial charge >= 0.3 is 0 Å². The zero-order valence-corrected chi connectivity index (χ0v) is 8.43. The molecule has 0 aromatic carbocycles. The zero-order valence-electron chi connectivity index (χ0n) is 8.43. The molecule has 0 bridgehead atoms. The summed E-state index contributed by atoms with van der Waals surface area (Å²) in [7, 11) is 1.70. The molecule has 0 aliphatic heterocycles. The minimum Gasteiger partial charge on any atom is -0.384 e. The fourth-order valence-corrected chi connectivity index (χ4v) is 1.67. The lowest BCUT2D eigenvalue weighted by atomic mass is 10.3. The van der Waals surface area contributed by atoms with Gasteiger partial charge < -0.3 is 9.72 Å². The second-order valence-corrected chi connectivity index (χ2v) is 3.33. The highest BCUT2D eigenvalue weighted by atomic mass is 19.1. The molecule has 0 unspecified atom stereocenters. The smallest absolute Gasteiger partial charge is 0.173 e. The van der Waals surface area contributed by atoms with Crippen molar-refractivity contribution in [1.82, 2.24) is 9.38 Å². The maximum atomic E-state index is 13.7. The molecule has 0 aliphatic carbocycles. The molecule has 74 valence electrons. The van der Waals surface area contributed by atoms with Gasteiger partial charge in [0.25, 0.3) is 0 Å². The first-order chi connectivity index (χ1) is 6.63. The molecular weight excluding hydrogens is 181 g/mol. The third kappa shape index (κ3) is 1.14. The molecule has 0 atom stereocenters. The first-order valence-electron chi connectivity index (χ1n) is 4.45. The summed E-state index contributed by atoms with van der Waals surface area (Å²) in [6, 6.07) is 0. The van der Waals surface area contributed by atoms with Crippen molar-refractivity contribution in [2.45, 2.75) is 13.8 Å². The van der Waals surface area contributed by atoms with Crippen molar-refractivity contribution in [2.75, 3.05) is 12.4 Å². The molecule has 0 spiro atoms. The van der Waals surface area contributed by atoms with Gasteiger partial charge in [0.05, 0.1) is 17.1 Å². The van der Waals surface area contributed by atoms with E-state index in [1.54, 1.807) is 17.6 Å². The van der Waals surface area contributed by atoms with Crippen LogP contribution < -0.4 is 5.32 Å². The highest BCUT2D eigenvalue weighted by Gasteiger charge is 2.12. The summed E-state index contributed by atoms with van der Waals surface area (Å²) in [5.74, 6) is -0.238. The Morgan fingerprint density at radius 2 is 2.07 bits per heavy atom. The Labute approximate surface area is 81.6 Å². The number of anilines is 1. The van der Waals surface area contributed by atoms with Crippen molar-refractivity contribution in [2.24, 2.45) is 0 Å². The summed E-state index contributed by atoms with van der Waals surface area (Å²) in [5.41, 5.74) is 2.64. The molecule has 2 aromatic heterocycles. The fourth-order valence-electron chi connectivity index (χ4n) is 1.67. The number of nitrogens with zero attached hydrogens (tertiary/aromatic N) is 2. The van der Waals surface area contributed by atoms with Gasteiger partial charge in [-0.2, -0.15) is 0 Å². The third-order valence-corrected chi connectivity index (χ3v) is 2.25. The van der Waals surface area contributed by atoms with Gasteiger partial charge in [-0.3, -0.25) is 4.98 Å². The molecule has 2 rings (SSSR count). The minimum absolute atomic E-state index is 0.238. The Bertz CT molecular complexity index is 488. The van der Waals surface area contributed by atoms with Crippen molar-refractivity contribution in [3.63, 3.8) is 0 Å². The van der Waals surface area contributed by atoms with E-state index >= 15 is 0 Å². The molecular formula is C10H12FN3. The second-order valence-electron chi connectivity index (χ2n) is 3.33. The van der Waals surface area contributed by atoms with Gasteiger partial charge in [0.15, 0.2) is 5.82 Å². The van der Waals surface area contributed by atoms with Gasteiger partial charge in [-0.25, -0.2) is 4.39 Å². The summed E-state index contributed by atoms with van der Waals surface area (Å²) in [6.07, 6.45) is 3.54. The van der Waals surface area contributed by atoms with E-state index in [9.17, 15) is 4.39 Å². The molecule has 0 saturated heterocycles. The number of hydrogen-bond donors (Lipinski definition) is 1. The standard InChI is InChI=1S/C10H12FN3/c1-6-4-14-5-8(12-3)9(11)10(14)7(2)13-6/h4-5,12H,1-3H3. The highest BCUT2D eigenvalue weighted by molar-refractivity contribution is 5.64. The third-order valence-electron chi connectivity index (χ3n) is 2.25. The Morgan fingerprint density at radius 3 is 2.71 bits per heavy atom. The van der Waals surface area contributed by atoms with Gasteiger partial charge in [-0.15, -0.1) is 0 Å². The van der Waals surface area contributed by atoms with Gasteiger partial charge in [0.1, 0.15) is 5.52 Å². The molecule has 1 N–H and O–H groups in total. The van der Waals surface area contributed by atoms with Crippen LogP contribution in [-0.4, -0.2) is 16.4 Å². The molecule has 0 aliphatic rings.